The van der Waals surface area contributed by atoms with Gasteiger partial charge in [-0.15, -0.1) is 0 Å². The lowest BCUT2D eigenvalue weighted by atomic mass is 9.99. The number of aliphatic imine (C=N–C) groups is 1. The molecule has 0 spiro atoms. The fraction of sp³-hybridized carbons (Fsp3) is 0.469. The Hall–Kier alpha value is -2.56. The van der Waals surface area contributed by atoms with Crippen LogP contribution in [0.3, 0.4) is 0 Å². The summed E-state index contributed by atoms with van der Waals surface area (Å²) in [4.78, 5) is 7.47. The topological polar surface area (TPSA) is 24.8 Å². The van der Waals surface area contributed by atoms with Gasteiger partial charge in [-0.05, 0) is 95.2 Å². The molecule has 1 aromatic rings. The molecule has 36 heavy (non-hydrogen) atoms. The maximum atomic E-state index is 13.7. The molecule has 4 heteroatoms. The van der Waals surface area contributed by atoms with Crippen LogP contribution in [0.2, 0.25) is 0 Å². The first kappa shape index (κ1) is 29.7. The summed E-state index contributed by atoms with van der Waals surface area (Å²) in [6.07, 6.45) is 13.5. The smallest absolute Gasteiger partial charge is 0.121 e. The first-order chi connectivity index (χ1) is 17.4. The van der Waals surface area contributed by atoms with Gasteiger partial charge >= 0.3 is 0 Å². The second kappa shape index (κ2) is 16.2. The van der Waals surface area contributed by atoms with Gasteiger partial charge in [0.25, 0.3) is 0 Å². The predicted molar refractivity (Wildman–Crippen MR) is 154 cm³/mol. The highest BCUT2D eigenvalue weighted by atomic mass is 19.1. The molecule has 0 radical (unpaired) electrons. The maximum absolute atomic E-state index is 13.7. The Bertz CT molecular complexity index is 1020. The molecule has 196 valence electrons. The number of halogens is 1. The van der Waals surface area contributed by atoms with E-state index in [1.54, 1.807) is 13.8 Å². The molecule has 1 heterocycles. The molecule has 0 atom stereocenters. The van der Waals surface area contributed by atoms with E-state index in [9.17, 15) is 4.39 Å². The van der Waals surface area contributed by atoms with E-state index in [-0.39, 0.29) is 5.83 Å². The van der Waals surface area contributed by atoms with Gasteiger partial charge in [-0.1, -0.05) is 55.0 Å². The largest absolute Gasteiger partial charge is 0.379 e. The van der Waals surface area contributed by atoms with Crippen LogP contribution in [0.1, 0.15) is 71.9 Å². The zero-order chi connectivity index (χ0) is 26.3. The Balaban J connectivity index is 2.11. The normalized spacial score (nSPS) is 17.6. The third kappa shape index (κ3) is 10.2. The van der Waals surface area contributed by atoms with Crippen LogP contribution >= 0.6 is 0 Å². The standard InChI is InChI=1S/C32H45FN2O/c1-7-26(5)32(34-24-28(8-2)13-11-17-35-18-20-36-21-19-35)30-14-10-12-29(23-30)22-25(4)15-16-27(6)31(33)9-3/h8-10,12,14-16,23-24H,7,11,13,17-22H2,1-6H3/b25-15-,27-16-,28-8-,31-9-,32-26-,34-24-. The van der Waals surface area contributed by atoms with E-state index in [0.717, 1.165) is 69.8 Å². The fourth-order valence-corrected chi connectivity index (χ4v) is 4.15. The van der Waals surface area contributed by atoms with Crippen LogP contribution in [-0.2, 0) is 11.2 Å². The van der Waals surface area contributed by atoms with Crippen molar-refractivity contribution in [3.63, 3.8) is 0 Å². The van der Waals surface area contributed by atoms with E-state index in [1.165, 1.54) is 28.4 Å². The molecule has 1 aliphatic heterocycles. The molecule has 0 bridgehead atoms. The first-order valence-corrected chi connectivity index (χ1v) is 13.3. The van der Waals surface area contributed by atoms with E-state index < -0.39 is 0 Å². The van der Waals surface area contributed by atoms with Crippen molar-refractivity contribution >= 4 is 11.9 Å². The minimum absolute atomic E-state index is 0.176. The highest BCUT2D eigenvalue weighted by Gasteiger charge is 2.10. The van der Waals surface area contributed by atoms with Crippen LogP contribution in [0.25, 0.3) is 5.70 Å². The van der Waals surface area contributed by atoms with Gasteiger partial charge in [0.2, 0.25) is 0 Å². The molecular formula is C32H45FN2O. The number of rotatable bonds is 12. The Morgan fingerprint density at radius 3 is 2.50 bits per heavy atom. The van der Waals surface area contributed by atoms with Gasteiger partial charge in [-0.25, -0.2) is 4.39 Å². The van der Waals surface area contributed by atoms with Crippen molar-refractivity contribution < 1.29 is 9.13 Å². The molecule has 3 nitrogen and oxygen atoms in total. The van der Waals surface area contributed by atoms with Gasteiger partial charge in [0.1, 0.15) is 5.83 Å². The number of nitrogens with zero attached hydrogens (tertiary/aromatic N) is 2. The molecule has 0 aromatic heterocycles. The molecule has 0 unspecified atom stereocenters. The van der Waals surface area contributed by atoms with Crippen LogP contribution in [-0.4, -0.2) is 44.0 Å². The summed E-state index contributed by atoms with van der Waals surface area (Å²) in [5, 5.41) is 0. The highest BCUT2D eigenvalue weighted by Crippen LogP contribution is 2.24. The third-order valence-electron chi connectivity index (χ3n) is 6.64. The van der Waals surface area contributed by atoms with Gasteiger partial charge in [-0.3, -0.25) is 9.89 Å². The zero-order valence-corrected chi connectivity index (χ0v) is 23.2. The molecule has 1 aromatic carbocycles. The van der Waals surface area contributed by atoms with Crippen molar-refractivity contribution in [2.75, 3.05) is 32.8 Å². The maximum Gasteiger partial charge on any atom is 0.121 e. The first-order valence-electron chi connectivity index (χ1n) is 13.3. The van der Waals surface area contributed by atoms with E-state index in [0.29, 0.717) is 5.57 Å². The lowest BCUT2D eigenvalue weighted by Gasteiger charge is -2.26. The molecule has 0 aliphatic carbocycles. The summed E-state index contributed by atoms with van der Waals surface area (Å²) in [6, 6.07) is 8.64. The lowest BCUT2D eigenvalue weighted by Crippen LogP contribution is -2.36. The van der Waals surface area contributed by atoms with Gasteiger partial charge in [0.05, 0.1) is 18.9 Å². The monoisotopic (exact) mass is 492 g/mol. The van der Waals surface area contributed by atoms with Crippen molar-refractivity contribution in [3.05, 3.63) is 87.8 Å². The molecule has 1 aliphatic rings. The van der Waals surface area contributed by atoms with Crippen LogP contribution < -0.4 is 0 Å². The van der Waals surface area contributed by atoms with E-state index >= 15 is 0 Å². The third-order valence-corrected chi connectivity index (χ3v) is 6.64. The van der Waals surface area contributed by atoms with Crippen LogP contribution in [0.4, 0.5) is 4.39 Å². The van der Waals surface area contributed by atoms with Crippen molar-refractivity contribution in [1.82, 2.24) is 4.90 Å². The number of hydrogen-bond acceptors (Lipinski definition) is 3. The van der Waals surface area contributed by atoms with Crippen molar-refractivity contribution in [2.24, 2.45) is 4.99 Å². The summed E-state index contributed by atoms with van der Waals surface area (Å²) >= 11 is 0. The SMILES string of the molecule is C\C=C(/C=N\C(=C(\C)CC)c1cccc(C\C(C)=C/C=C(C)\C(F)=C\C)c1)CCCN1CCOCC1. The summed E-state index contributed by atoms with van der Waals surface area (Å²) < 4.78 is 19.1. The Morgan fingerprint density at radius 1 is 1.08 bits per heavy atom. The van der Waals surface area contributed by atoms with Crippen molar-refractivity contribution in [2.45, 2.75) is 67.2 Å². The average molecular weight is 493 g/mol. The summed E-state index contributed by atoms with van der Waals surface area (Å²) in [7, 11) is 0. The molecule has 0 saturated carbocycles. The minimum Gasteiger partial charge on any atom is -0.379 e. The number of hydrogen-bond donors (Lipinski definition) is 0. The summed E-state index contributed by atoms with van der Waals surface area (Å²) in [5.74, 6) is -0.176. The van der Waals surface area contributed by atoms with E-state index in [2.05, 4.69) is 69.2 Å². The Labute approximate surface area is 218 Å². The molecule has 0 N–H and O–H groups in total. The second-order valence-electron chi connectivity index (χ2n) is 9.54. The Morgan fingerprint density at radius 2 is 1.83 bits per heavy atom. The molecule has 1 saturated heterocycles. The molecular weight excluding hydrogens is 447 g/mol. The summed E-state index contributed by atoms with van der Waals surface area (Å²) in [5.41, 5.74) is 7.81. The van der Waals surface area contributed by atoms with Gasteiger partial charge in [0, 0.05) is 24.9 Å². The highest BCUT2D eigenvalue weighted by molar-refractivity contribution is 5.85. The quantitative estimate of drug-likeness (QED) is 0.217. The predicted octanol–water partition coefficient (Wildman–Crippen LogP) is 8.27. The van der Waals surface area contributed by atoms with Gasteiger partial charge in [0.15, 0.2) is 0 Å². The van der Waals surface area contributed by atoms with Crippen molar-refractivity contribution in [3.8, 4) is 0 Å². The fourth-order valence-electron chi connectivity index (χ4n) is 4.15. The number of ether oxygens (including phenoxy) is 1. The molecule has 0 amide bonds. The van der Waals surface area contributed by atoms with Crippen LogP contribution in [0.5, 0.6) is 0 Å². The second-order valence-corrected chi connectivity index (χ2v) is 9.54. The summed E-state index contributed by atoms with van der Waals surface area (Å²) in [6.45, 7) is 16.9. The van der Waals surface area contributed by atoms with Crippen molar-refractivity contribution in [1.29, 1.82) is 0 Å². The molecule has 2 rings (SSSR count). The number of allylic oxidation sites excluding steroid dienone is 9. The van der Waals surface area contributed by atoms with E-state index in [4.69, 9.17) is 9.73 Å². The minimum atomic E-state index is -0.176. The zero-order valence-electron chi connectivity index (χ0n) is 23.2. The molecule has 1 fully saturated rings. The Kier molecular flexibility index (Phi) is 13.4. The number of morpholine rings is 1. The van der Waals surface area contributed by atoms with Crippen LogP contribution in [0.15, 0.2) is 81.7 Å². The lowest BCUT2D eigenvalue weighted by molar-refractivity contribution is 0.0375. The van der Waals surface area contributed by atoms with Gasteiger partial charge < -0.3 is 4.74 Å². The average Bonchev–Trinajstić information content (AvgIpc) is 2.90. The van der Waals surface area contributed by atoms with Gasteiger partial charge in [-0.2, -0.15) is 0 Å². The number of benzene rings is 1. The van der Waals surface area contributed by atoms with Crippen LogP contribution in [0, 0.1) is 0 Å². The van der Waals surface area contributed by atoms with E-state index in [1.807, 2.05) is 12.2 Å².